The number of amides is 1. The van der Waals surface area contributed by atoms with E-state index in [0.717, 1.165) is 5.56 Å². The monoisotopic (exact) mass is 411 g/mol. The van der Waals surface area contributed by atoms with Gasteiger partial charge in [-0.3, -0.25) is 4.79 Å². The molecule has 5 nitrogen and oxygen atoms in total. The summed E-state index contributed by atoms with van der Waals surface area (Å²) in [6.07, 6.45) is 0. The van der Waals surface area contributed by atoms with E-state index in [1.165, 1.54) is 13.2 Å². The summed E-state index contributed by atoms with van der Waals surface area (Å²) in [6, 6.07) is 12.0. The molecule has 0 saturated carbocycles. The van der Waals surface area contributed by atoms with Crippen LogP contribution in [-0.4, -0.2) is 25.6 Å². The third-order valence-corrected chi connectivity index (χ3v) is 4.07. The molecule has 0 fully saturated rings. The minimum absolute atomic E-state index is 0.292. The van der Waals surface area contributed by atoms with E-state index in [2.05, 4.69) is 21.2 Å². The number of halogens is 2. The molecule has 1 amide bonds. The average molecular weight is 413 g/mol. The molecule has 126 valence electrons. The molecule has 0 bridgehead atoms. The minimum Gasteiger partial charge on any atom is -0.497 e. The molecule has 0 aromatic heterocycles. The average Bonchev–Trinajstić information content (AvgIpc) is 2.59. The maximum Gasteiger partial charge on any atom is 0.339 e. The zero-order valence-corrected chi connectivity index (χ0v) is 15.2. The summed E-state index contributed by atoms with van der Waals surface area (Å²) in [6.45, 7) is -0.0352. The summed E-state index contributed by atoms with van der Waals surface area (Å²) >= 11 is 9.06. The molecular formula is C17H15BrClNO4. The van der Waals surface area contributed by atoms with Gasteiger partial charge >= 0.3 is 5.97 Å². The Morgan fingerprint density at radius 1 is 1.17 bits per heavy atom. The zero-order valence-electron chi connectivity index (χ0n) is 12.8. The van der Waals surface area contributed by atoms with Gasteiger partial charge in [0.15, 0.2) is 6.61 Å². The van der Waals surface area contributed by atoms with Crippen LogP contribution in [0.2, 0.25) is 5.02 Å². The number of hydrogen-bond acceptors (Lipinski definition) is 4. The quantitative estimate of drug-likeness (QED) is 0.737. The number of ether oxygens (including phenoxy) is 2. The predicted molar refractivity (Wildman–Crippen MR) is 94.3 cm³/mol. The number of carbonyl (C=O) groups is 2. The van der Waals surface area contributed by atoms with Gasteiger partial charge in [0.2, 0.25) is 0 Å². The number of methoxy groups -OCH3 is 1. The standard InChI is InChI=1S/C17H15BrClNO4/c1-23-13-6-7-15(18)14(8-13)17(22)24-10-16(21)20-9-11-2-4-12(19)5-3-11/h2-8H,9-10H2,1H3,(H,20,21). The first kappa shape index (κ1) is 18.3. The van der Waals surface area contributed by atoms with Gasteiger partial charge in [-0.2, -0.15) is 0 Å². The van der Waals surface area contributed by atoms with E-state index in [1.807, 2.05) is 12.1 Å². The Kier molecular flexibility index (Phi) is 6.63. The normalized spacial score (nSPS) is 10.1. The molecule has 0 spiro atoms. The second kappa shape index (κ2) is 8.70. The molecule has 7 heteroatoms. The summed E-state index contributed by atoms with van der Waals surface area (Å²) in [7, 11) is 1.50. The molecular weight excluding hydrogens is 398 g/mol. The topological polar surface area (TPSA) is 64.6 Å². The van der Waals surface area contributed by atoms with Crippen molar-refractivity contribution in [3.63, 3.8) is 0 Å². The van der Waals surface area contributed by atoms with E-state index in [-0.39, 0.29) is 6.61 Å². The summed E-state index contributed by atoms with van der Waals surface area (Å²) in [4.78, 5) is 23.8. The van der Waals surface area contributed by atoms with Gasteiger partial charge in [-0.15, -0.1) is 0 Å². The second-order valence-electron chi connectivity index (χ2n) is 4.83. The summed E-state index contributed by atoms with van der Waals surface area (Å²) in [5, 5.41) is 3.29. The van der Waals surface area contributed by atoms with Gasteiger partial charge in [0.25, 0.3) is 5.91 Å². The van der Waals surface area contributed by atoms with E-state index in [1.54, 1.807) is 24.3 Å². The Balaban J connectivity index is 1.85. The number of carbonyl (C=O) groups excluding carboxylic acids is 2. The highest BCUT2D eigenvalue weighted by Gasteiger charge is 2.14. The molecule has 0 radical (unpaired) electrons. The van der Waals surface area contributed by atoms with Gasteiger partial charge in [-0.05, 0) is 51.8 Å². The molecule has 0 aliphatic rings. The Morgan fingerprint density at radius 2 is 1.88 bits per heavy atom. The van der Waals surface area contributed by atoms with Crippen LogP contribution in [0.15, 0.2) is 46.9 Å². The van der Waals surface area contributed by atoms with Crippen molar-refractivity contribution in [2.45, 2.75) is 6.54 Å². The minimum atomic E-state index is -0.609. The number of esters is 1. The van der Waals surface area contributed by atoms with Crippen LogP contribution in [-0.2, 0) is 16.1 Å². The van der Waals surface area contributed by atoms with Crippen LogP contribution in [0, 0.1) is 0 Å². The van der Waals surface area contributed by atoms with Crippen LogP contribution in [0.3, 0.4) is 0 Å². The molecule has 0 heterocycles. The first-order chi connectivity index (χ1) is 11.5. The SMILES string of the molecule is COc1ccc(Br)c(C(=O)OCC(=O)NCc2ccc(Cl)cc2)c1. The highest BCUT2D eigenvalue weighted by molar-refractivity contribution is 9.10. The molecule has 0 aliphatic heterocycles. The van der Waals surface area contributed by atoms with E-state index >= 15 is 0 Å². The van der Waals surface area contributed by atoms with Crippen LogP contribution in [0.4, 0.5) is 0 Å². The lowest BCUT2D eigenvalue weighted by atomic mass is 10.2. The third kappa shape index (κ3) is 5.25. The van der Waals surface area contributed by atoms with Gasteiger partial charge in [-0.25, -0.2) is 4.79 Å². The van der Waals surface area contributed by atoms with Crippen molar-refractivity contribution in [3.05, 3.63) is 63.1 Å². The fourth-order valence-electron chi connectivity index (χ4n) is 1.85. The fraction of sp³-hybridized carbons (Fsp3) is 0.176. The van der Waals surface area contributed by atoms with Crippen LogP contribution >= 0.6 is 27.5 Å². The Labute approximate surface area is 153 Å². The van der Waals surface area contributed by atoms with Crippen LogP contribution in [0.25, 0.3) is 0 Å². The van der Waals surface area contributed by atoms with Crippen molar-refractivity contribution >= 4 is 39.4 Å². The molecule has 1 N–H and O–H groups in total. The molecule has 2 rings (SSSR count). The maximum atomic E-state index is 12.0. The van der Waals surface area contributed by atoms with Crippen LogP contribution < -0.4 is 10.1 Å². The lowest BCUT2D eigenvalue weighted by Crippen LogP contribution is -2.28. The zero-order chi connectivity index (χ0) is 17.5. The fourth-order valence-corrected chi connectivity index (χ4v) is 2.39. The highest BCUT2D eigenvalue weighted by Crippen LogP contribution is 2.23. The van der Waals surface area contributed by atoms with E-state index < -0.39 is 11.9 Å². The molecule has 0 atom stereocenters. The number of rotatable bonds is 6. The molecule has 0 aliphatic carbocycles. The van der Waals surface area contributed by atoms with Gasteiger partial charge in [0, 0.05) is 16.0 Å². The Morgan fingerprint density at radius 3 is 2.54 bits per heavy atom. The van der Waals surface area contributed by atoms with Crippen LogP contribution in [0.5, 0.6) is 5.75 Å². The Hall–Kier alpha value is -2.05. The van der Waals surface area contributed by atoms with Crippen molar-refractivity contribution in [3.8, 4) is 5.75 Å². The maximum absolute atomic E-state index is 12.0. The molecule has 2 aromatic carbocycles. The van der Waals surface area contributed by atoms with Gasteiger partial charge < -0.3 is 14.8 Å². The van der Waals surface area contributed by atoms with Crippen molar-refractivity contribution in [1.82, 2.24) is 5.32 Å². The number of benzene rings is 2. The van der Waals surface area contributed by atoms with Crippen molar-refractivity contribution < 1.29 is 19.1 Å². The predicted octanol–water partition coefficient (Wildman–Crippen LogP) is 3.58. The highest BCUT2D eigenvalue weighted by atomic mass is 79.9. The number of hydrogen-bond donors (Lipinski definition) is 1. The molecule has 2 aromatic rings. The molecule has 0 unspecified atom stereocenters. The first-order valence-corrected chi connectivity index (χ1v) is 8.18. The smallest absolute Gasteiger partial charge is 0.339 e. The van der Waals surface area contributed by atoms with E-state index in [4.69, 9.17) is 21.1 Å². The summed E-state index contributed by atoms with van der Waals surface area (Å²) in [5.41, 5.74) is 1.19. The van der Waals surface area contributed by atoms with Crippen molar-refractivity contribution in [2.75, 3.05) is 13.7 Å². The third-order valence-electron chi connectivity index (χ3n) is 3.13. The largest absolute Gasteiger partial charge is 0.497 e. The van der Waals surface area contributed by atoms with E-state index in [9.17, 15) is 9.59 Å². The van der Waals surface area contributed by atoms with Gasteiger partial charge in [-0.1, -0.05) is 23.7 Å². The van der Waals surface area contributed by atoms with Crippen molar-refractivity contribution in [1.29, 1.82) is 0 Å². The number of nitrogens with one attached hydrogen (secondary N) is 1. The lowest BCUT2D eigenvalue weighted by molar-refractivity contribution is -0.124. The van der Waals surface area contributed by atoms with Gasteiger partial charge in [0.1, 0.15) is 5.75 Å². The summed E-state index contributed by atoms with van der Waals surface area (Å²) in [5.74, 6) is -0.475. The first-order valence-electron chi connectivity index (χ1n) is 7.01. The second-order valence-corrected chi connectivity index (χ2v) is 6.12. The van der Waals surface area contributed by atoms with Crippen molar-refractivity contribution in [2.24, 2.45) is 0 Å². The van der Waals surface area contributed by atoms with E-state index in [0.29, 0.717) is 27.4 Å². The molecule has 0 saturated heterocycles. The Bertz CT molecular complexity index is 734. The van der Waals surface area contributed by atoms with Crippen LogP contribution in [0.1, 0.15) is 15.9 Å². The summed E-state index contributed by atoms with van der Waals surface area (Å²) < 4.78 is 10.6. The van der Waals surface area contributed by atoms with Gasteiger partial charge in [0.05, 0.1) is 12.7 Å². The molecule has 24 heavy (non-hydrogen) atoms. The lowest BCUT2D eigenvalue weighted by Gasteiger charge is -2.09.